The van der Waals surface area contributed by atoms with Crippen LogP contribution in [0.5, 0.6) is 0 Å². The van der Waals surface area contributed by atoms with Crippen molar-refractivity contribution in [1.29, 1.82) is 0 Å². The molecule has 3 unspecified atom stereocenters. The lowest BCUT2D eigenvalue weighted by molar-refractivity contribution is -0.101. The lowest BCUT2D eigenvalue weighted by atomic mass is 9.74. The molecule has 0 aromatic carbocycles. The highest BCUT2D eigenvalue weighted by Crippen LogP contribution is 2.46. The van der Waals surface area contributed by atoms with Crippen LogP contribution >= 0.6 is 22.9 Å². The molecule has 0 saturated heterocycles. The van der Waals surface area contributed by atoms with Gasteiger partial charge in [0.15, 0.2) is 0 Å². The van der Waals surface area contributed by atoms with E-state index in [1.165, 1.54) is 12.8 Å². The van der Waals surface area contributed by atoms with E-state index in [0.29, 0.717) is 12.5 Å². The predicted molar refractivity (Wildman–Crippen MR) is 81.4 cm³/mol. The van der Waals surface area contributed by atoms with Crippen LogP contribution in [0.15, 0.2) is 11.4 Å². The summed E-state index contributed by atoms with van der Waals surface area (Å²) in [5, 5.41) is 2.79. The monoisotopic (exact) mass is 302 g/mol. The van der Waals surface area contributed by atoms with Gasteiger partial charge in [-0.3, -0.25) is 5.84 Å². The van der Waals surface area contributed by atoms with Gasteiger partial charge in [-0.2, -0.15) is 0 Å². The maximum absolute atomic E-state index is 6.29. The van der Waals surface area contributed by atoms with Crippen molar-refractivity contribution in [2.45, 2.75) is 51.2 Å². The zero-order valence-corrected chi connectivity index (χ0v) is 13.2. The summed E-state index contributed by atoms with van der Waals surface area (Å²) >= 11 is 7.94. The van der Waals surface area contributed by atoms with E-state index >= 15 is 0 Å². The molecule has 0 spiro atoms. The average Bonchev–Trinajstić information content (AvgIpc) is 2.77. The second kappa shape index (κ2) is 6.55. The average molecular weight is 303 g/mol. The van der Waals surface area contributed by atoms with E-state index < -0.39 is 0 Å². The van der Waals surface area contributed by atoms with Crippen molar-refractivity contribution in [2.24, 2.45) is 11.8 Å². The van der Waals surface area contributed by atoms with E-state index in [1.54, 1.807) is 11.3 Å². The normalized spacial score (nSPS) is 29.4. The van der Waals surface area contributed by atoms with Crippen LogP contribution in [-0.4, -0.2) is 12.2 Å². The van der Waals surface area contributed by atoms with Crippen molar-refractivity contribution in [1.82, 2.24) is 5.43 Å². The number of nitrogens with one attached hydrogen (secondary N) is 1. The maximum atomic E-state index is 6.29. The maximum Gasteiger partial charge on any atom is 0.0900 e. The largest absolute Gasteiger partial charge is 0.373 e. The Labute approximate surface area is 124 Å². The Kier molecular flexibility index (Phi) is 5.26. The molecule has 108 valence electrons. The summed E-state index contributed by atoms with van der Waals surface area (Å²) in [6, 6.07) is 1.90. The highest BCUT2D eigenvalue weighted by Gasteiger charge is 2.44. The number of hydrogen-bond donors (Lipinski definition) is 2. The molecule has 1 heterocycles. The van der Waals surface area contributed by atoms with Crippen molar-refractivity contribution < 1.29 is 4.74 Å². The van der Waals surface area contributed by atoms with Gasteiger partial charge in [0.1, 0.15) is 0 Å². The van der Waals surface area contributed by atoms with E-state index in [9.17, 15) is 0 Å². The topological polar surface area (TPSA) is 47.3 Å². The van der Waals surface area contributed by atoms with Gasteiger partial charge in [0.05, 0.1) is 16.7 Å². The molecule has 1 aromatic heterocycles. The summed E-state index contributed by atoms with van der Waals surface area (Å²) < 4.78 is 6.18. The number of hydrazine groups is 1. The summed E-state index contributed by atoms with van der Waals surface area (Å²) in [4.78, 5) is 1.09. The van der Waals surface area contributed by atoms with Crippen LogP contribution in [0, 0.1) is 5.92 Å². The first-order chi connectivity index (χ1) is 9.13. The standard InChI is InChI=1S/C14H23ClN2OS/c1-3-18-14(7-4-5-10(2)9-14)13(17-16)12-11(15)6-8-19-12/h6,8,10,13,17H,3-5,7,9,16H2,1-2H3. The molecule has 3 nitrogen and oxygen atoms in total. The molecule has 1 aromatic rings. The third kappa shape index (κ3) is 3.14. The molecule has 0 amide bonds. The van der Waals surface area contributed by atoms with Crippen molar-refractivity contribution in [2.75, 3.05) is 6.61 Å². The number of rotatable bonds is 5. The number of hydrogen-bond acceptors (Lipinski definition) is 4. The number of ether oxygens (including phenoxy) is 1. The molecule has 0 radical (unpaired) electrons. The van der Waals surface area contributed by atoms with Crippen LogP contribution in [0.2, 0.25) is 5.02 Å². The van der Waals surface area contributed by atoms with Crippen molar-refractivity contribution >= 4 is 22.9 Å². The molecule has 0 bridgehead atoms. The van der Waals surface area contributed by atoms with Gasteiger partial charge < -0.3 is 4.74 Å². The number of thiophene rings is 1. The third-order valence-electron chi connectivity index (χ3n) is 4.02. The van der Waals surface area contributed by atoms with E-state index in [2.05, 4.69) is 12.3 Å². The van der Waals surface area contributed by atoms with E-state index in [4.69, 9.17) is 22.2 Å². The van der Waals surface area contributed by atoms with Crippen LogP contribution in [0.4, 0.5) is 0 Å². The van der Waals surface area contributed by atoms with Crippen LogP contribution in [0.25, 0.3) is 0 Å². The smallest absolute Gasteiger partial charge is 0.0900 e. The zero-order chi connectivity index (χ0) is 13.9. The van der Waals surface area contributed by atoms with Gasteiger partial charge in [-0.25, -0.2) is 5.43 Å². The Bertz CT molecular complexity index is 408. The minimum absolute atomic E-state index is 0.0253. The van der Waals surface area contributed by atoms with Gasteiger partial charge in [0.25, 0.3) is 0 Å². The first-order valence-corrected chi connectivity index (χ1v) is 8.21. The summed E-state index contributed by atoms with van der Waals surface area (Å²) in [5.41, 5.74) is 2.74. The molecule has 1 saturated carbocycles. The predicted octanol–water partition coefficient (Wildman–Crippen LogP) is 3.89. The first-order valence-electron chi connectivity index (χ1n) is 6.96. The zero-order valence-electron chi connectivity index (χ0n) is 11.6. The first kappa shape index (κ1) is 15.3. The van der Waals surface area contributed by atoms with Crippen LogP contribution in [-0.2, 0) is 4.74 Å². The van der Waals surface area contributed by atoms with E-state index in [0.717, 1.165) is 22.7 Å². The fourth-order valence-electron chi connectivity index (χ4n) is 3.29. The quantitative estimate of drug-likeness (QED) is 0.641. The Balaban J connectivity index is 2.32. The number of nitrogens with two attached hydrogens (primary N) is 1. The van der Waals surface area contributed by atoms with Gasteiger partial charge in [0.2, 0.25) is 0 Å². The van der Waals surface area contributed by atoms with Gasteiger partial charge >= 0.3 is 0 Å². The van der Waals surface area contributed by atoms with Gasteiger partial charge in [-0.15, -0.1) is 11.3 Å². The molecular weight excluding hydrogens is 280 g/mol. The molecule has 5 heteroatoms. The van der Waals surface area contributed by atoms with Crippen LogP contribution in [0.3, 0.4) is 0 Å². The van der Waals surface area contributed by atoms with Crippen molar-refractivity contribution in [3.8, 4) is 0 Å². The molecule has 3 N–H and O–H groups in total. The Morgan fingerprint density at radius 3 is 3.00 bits per heavy atom. The van der Waals surface area contributed by atoms with Crippen LogP contribution < -0.4 is 11.3 Å². The lowest BCUT2D eigenvalue weighted by Gasteiger charge is -2.44. The highest BCUT2D eigenvalue weighted by molar-refractivity contribution is 7.10. The van der Waals surface area contributed by atoms with E-state index in [-0.39, 0.29) is 11.6 Å². The molecule has 1 aliphatic carbocycles. The molecule has 1 aliphatic rings. The van der Waals surface area contributed by atoms with E-state index in [1.807, 2.05) is 18.4 Å². The molecule has 1 fully saturated rings. The summed E-state index contributed by atoms with van der Waals surface area (Å²) in [7, 11) is 0. The molecule has 3 atom stereocenters. The molecule has 0 aliphatic heterocycles. The summed E-state index contributed by atoms with van der Waals surface area (Å²) in [5.74, 6) is 6.50. The van der Waals surface area contributed by atoms with Crippen molar-refractivity contribution in [3.05, 3.63) is 21.3 Å². The number of halogens is 1. The fourth-order valence-corrected chi connectivity index (χ4v) is 4.62. The minimum Gasteiger partial charge on any atom is -0.373 e. The summed E-state index contributed by atoms with van der Waals surface area (Å²) in [6.45, 7) is 5.04. The van der Waals surface area contributed by atoms with Gasteiger partial charge in [0, 0.05) is 11.5 Å². The Morgan fingerprint density at radius 2 is 2.47 bits per heavy atom. The molecular formula is C14H23ClN2OS. The van der Waals surface area contributed by atoms with Crippen LogP contribution in [0.1, 0.15) is 50.4 Å². The lowest BCUT2D eigenvalue weighted by Crippen LogP contribution is -2.50. The SMILES string of the molecule is CCOC1(C(NN)c2sccc2Cl)CCCC(C)C1. The molecule has 19 heavy (non-hydrogen) atoms. The minimum atomic E-state index is -0.227. The van der Waals surface area contributed by atoms with Gasteiger partial charge in [-0.05, 0) is 37.1 Å². The van der Waals surface area contributed by atoms with Gasteiger partial charge in [-0.1, -0.05) is 31.4 Å². The second-order valence-electron chi connectivity index (χ2n) is 5.43. The Hall–Kier alpha value is -0.130. The van der Waals surface area contributed by atoms with Crippen molar-refractivity contribution in [3.63, 3.8) is 0 Å². The highest BCUT2D eigenvalue weighted by atomic mass is 35.5. The molecule has 2 rings (SSSR count). The summed E-state index contributed by atoms with van der Waals surface area (Å²) in [6.07, 6.45) is 4.52. The fraction of sp³-hybridized carbons (Fsp3) is 0.714. The third-order valence-corrected chi connectivity index (χ3v) is 5.45. The second-order valence-corrected chi connectivity index (χ2v) is 6.79. The Morgan fingerprint density at radius 1 is 1.68 bits per heavy atom.